The van der Waals surface area contributed by atoms with Crippen molar-refractivity contribution in [2.24, 2.45) is 0 Å². The molecule has 1 aliphatic carbocycles. The van der Waals surface area contributed by atoms with Crippen LogP contribution in [0.3, 0.4) is 0 Å². The van der Waals surface area contributed by atoms with E-state index >= 15 is 0 Å². The van der Waals surface area contributed by atoms with Gasteiger partial charge in [-0.15, -0.1) is 0 Å². The van der Waals surface area contributed by atoms with Crippen LogP contribution in [0.1, 0.15) is 57.8 Å². The summed E-state index contributed by atoms with van der Waals surface area (Å²) >= 11 is 5.81. The fourth-order valence-corrected chi connectivity index (χ4v) is 5.94. The number of aromatic hydroxyl groups is 1. The predicted octanol–water partition coefficient (Wildman–Crippen LogP) is 6.66. The smallest absolute Gasteiger partial charge is 0.336 e. The number of carboxylic acid groups (broad SMARTS) is 1. The molecule has 6 N–H and O–H groups in total. The summed E-state index contributed by atoms with van der Waals surface area (Å²) in [5.74, 6) is -2.09. The van der Waals surface area contributed by atoms with E-state index in [1.165, 1.54) is 48.5 Å². The molecule has 0 unspecified atom stereocenters. The molecule has 0 saturated heterocycles. The number of phenols is 1. The molecule has 0 spiro atoms. The van der Waals surface area contributed by atoms with E-state index < -0.39 is 17.7 Å². The third kappa shape index (κ3) is 8.09. The number of amides is 1. The summed E-state index contributed by atoms with van der Waals surface area (Å²) in [6.07, 6.45) is 3.26. The van der Waals surface area contributed by atoms with E-state index in [-0.39, 0.29) is 44.6 Å². The molecule has 1 aromatic heterocycles. The van der Waals surface area contributed by atoms with Crippen molar-refractivity contribution in [3.05, 3.63) is 116 Å². The number of halogens is 2. The summed E-state index contributed by atoms with van der Waals surface area (Å²) in [4.78, 5) is 37.5. The normalized spacial score (nSPS) is 11.2. The van der Waals surface area contributed by atoms with Gasteiger partial charge in [-0.1, -0.05) is 35.7 Å². The SMILES string of the molecule is N=C(Nc1ccc(F)c(Cl)c1)c1nonc1CNCCCCCCNC(=O)c1ccc(-c2c3ccc(=O)cc-3oc3ccc(O)cc23)c(C(=O)O)c1. The number of carbonyl (C=O) groups excluding carboxylic acids is 1. The van der Waals surface area contributed by atoms with Crippen molar-refractivity contribution in [2.75, 3.05) is 18.4 Å². The van der Waals surface area contributed by atoms with Gasteiger partial charge in [-0.3, -0.25) is 15.0 Å². The summed E-state index contributed by atoms with van der Waals surface area (Å²) in [6.45, 7) is 1.37. The summed E-state index contributed by atoms with van der Waals surface area (Å²) < 4.78 is 24.1. The number of phenolic OH excluding ortho intramolecular Hbond substituents is 1. The Hall–Kier alpha value is -6.12. The zero-order chi connectivity index (χ0) is 36.8. The Labute approximate surface area is 300 Å². The Kier molecular flexibility index (Phi) is 10.9. The number of aromatic nitrogens is 2. The molecule has 1 aliphatic heterocycles. The van der Waals surface area contributed by atoms with Gasteiger partial charge in [0, 0.05) is 46.9 Å². The molecule has 6 rings (SSSR count). The van der Waals surface area contributed by atoms with Crippen molar-refractivity contribution in [1.82, 2.24) is 20.9 Å². The number of benzene rings is 4. The summed E-state index contributed by atoms with van der Waals surface area (Å²) in [7, 11) is 0. The number of unbranched alkanes of at least 4 members (excludes halogenated alkanes) is 3. The average Bonchev–Trinajstić information content (AvgIpc) is 3.60. The number of carbonyl (C=O) groups is 2. The molecule has 4 aromatic rings. The molecule has 0 saturated carbocycles. The number of nitrogens with one attached hydrogen (secondary N) is 4. The van der Waals surface area contributed by atoms with Gasteiger partial charge in [0.25, 0.3) is 5.91 Å². The monoisotopic (exact) mass is 726 g/mol. The number of nitrogens with zero attached hydrogens (tertiary/aromatic N) is 2. The minimum Gasteiger partial charge on any atom is -0.508 e. The number of rotatable bonds is 14. The summed E-state index contributed by atoms with van der Waals surface area (Å²) in [5, 5.41) is 45.6. The van der Waals surface area contributed by atoms with Gasteiger partial charge in [0.05, 0.1) is 10.6 Å². The van der Waals surface area contributed by atoms with E-state index in [1.54, 1.807) is 24.3 Å². The van der Waals surface area contributed by atoms with Crippen LogP contribution in [0.2, 0.25) is 5.02 Å². The molecule has 13 nitrogen and oxygen atoms in total. The third-order valence-electron chi connectivity index (χ3n) is 8.30. The fraction of sp³-hybridized carbons (Fsp3) is 0.189. The quantitative estimate of drug-likeness (QED) is 0.0303. The van der Waals surface area contributed by atoms with E-state index in [9.17, 15) is 29.0 Å². The first-order valence-corrected chi connectivity index (χ1v) is 16.7. The molecular formula is C37H32ClFN6O7. The first-order chi connectivity index (χ1) is 25.1. The Balaban J connectivity index is 0.990. The van der Waals surface area contributed by atoms with Gasteiger partial charge in [0.15, 0.2) is 17.0 Å². The Morgan fingerprint density at radius 2 is 1.69 bits per heavy atom. The van der Waals surface area contributed by atoms with Gasteiger partial charge in [-0.2, -0.15) is 0 Å². The Bertz CT molecular complexity index is 2320. The lowest BCUT2D eigenvalue weighted by molar-refractivity contribution is 0.0697. The van der Waals surface area contributed by atoms with Gasteiger partial charge < -0.3 is 30.6 Å². The number of hydrogen-bond acceptors (Lipinski definition) is 10. The highest BCUT2D eigenvalue weighted by atomic mass is 35.5. The molecule has 266 valence electrons. The first-order valence-electron chi connectivity index (χ1n) is 16.3. The van der Waals surface area contributed by atoms with Crippen LogP contribution in [0.15, 0.2) is 86.6 Å². The van der Waals surface area contributed by atoms with Crippen molar-refractivity contribution in [3.63, 3.8) is 0 Å². The lowest BCUT2D eigenvalue weighted by atomic mass is 9.89. The van der Waals surface area contributed by atoms with Gasteiger partial charge in [0.2, 0.25) is 0 Å². The average molecular weight is 727 g/mol. The predicted molar refractivity (Wildman–Crippen MR) is 192 cm³/mol. The van der Waals surface area contributed by atoms with Gasteiger partial charge in [0.1, 0.15) is 28.6 Å². The Morgan fingerprint density at radius 3 is 2.48 bits per heavy atom. The number of hydrogen-bond donors (Lipinski definition) is 6. The molecule has 3 aromatic carbocycles. The molecule has 2 aliphatic rings. The van der Waals surface area contributed by atoms with Crippen LogP contribution in [0.25, 0.3) is 33.4 Å². The molecule has 2 heterocycles. The van der Waals surface area contributed by atoms with Crippen molar-refractivity contribution in [3.8, 4) is 28.2 Å². The van der Waals surface area contributed by atoms with Crippen molar-refractivity contribution < 1.29 is 33.2 Å². The van der Waals surface area contributed by atoms with Gasteiger partial charge in [-0.05, 0) is 90.8 Å². The molecule has 15 heteroatoms. The minimum atomic E-state index is -1.25. The number of anilines is 1. The van der Waals surface area contributed by atoms with Gasteiger partial charge in [-0.25, -0.2) is 13.8 Å². The van der Waals surface area contributed by atoms with Crippen LogP contribution in [0.5, 0.6) is 5.75 Å². The molecule has 52 heavy (non-hydrogen) atoms. The van der Waals surface area contributed by atoms with E-state index in [1.807, 2.05) is 0 Å². The Morgan fingerprint density at radius 1 is 0.904 bits per heavy atom. The van der Waals surface area contributed by atoms with E-state index in [4.69, 9.17) is 26.1 Å². The topological polar surface area (TPSA) is 204 Å². The lowest BCUT2D eigenvalue weighted by Crippen LogP contribution is -2.24. The largest absolute Gasteiger partial charge is 0.508 e. The van der Waals surface area contributed by atoms with Crippen LogP contribution >= 0.6 is 11.6 Å². The molecular weight excluding hydrogens is 695 g/mol. The van der Waals surface area contributed by atoms with E-state index in [0.29, 0.717) is 65.1 Å². The maximum Gasteiger partial charge on any atom is 0.336 e. The second-order valence-corrected chi connectivity index (χ2v) is 12.3. The minimum absolute atomic E-state index is 0.0477. The second-order valence-electron chi connectivity index (χ2n) is 11.9. The second kappa shape index (κ2) is 15.8. The number of fused-ring (bicyclic) bond motifs is 2. The summed E-state index contributed by atoms with van der Waals surface area (Å²) in [5.41, 5.74) is 2.43. The van der Waals surface area contributed by atoms with Crippen LogP contribution in [-0.4, -0.2) is 51.3 Å². The molecule has 0 atom stereocenters. The number of amidine groups is 1. The van der Waals surface area contributed by atoms with Crippen molar-refractivity contribution >= 4 is 46.0 Å². The number of carboxylic acids is 1. The highest BCUT2D eigenvalue weighted by Gasteiger charge is 2.23. The van der Waals surface area contributed by atoms with Crippen LogP contribution in [-0.2, 0) is 6.54 Å². The van der Waals surface area contributed by atoms with Crippen molar-refractivity contribution in [2.45, 2.75) is 32.2 Å². The highest BCUT2D eigenvalue weighted by molar-refractivity contribution is 6.31. The number of aromatic carboxylic acids is 1. The first kappa shape index (κ1) is 35.7. The maximum atomic E-state index is 13.4. The van der Waals surface area contributed by atoms with Gasteiger partial charge >= 0.3 is 5.97 Å². The van der Waals surface area contributed by atoms with E-state index in [2.05, 4.69) is 26.3 Å². The summed E-state index contributed by atoms with van der Waals surface area (Å²) in [6, 6.07) is 17.1. The van der Waals surface area contributed by atoms with Crippen LogP contribution in [0.4, 0.5) is 10.1 Å². The zero-order valence-corrected chi connectivity index (χ0v) is 28.2. The molecule has 0 bridgehead atoms. The van der Waals surface area contributed by atoms with Crippen LogP contribution < -0.4 is 21.4 Å². The maximum absolute atomic E-state index is 13.4. The van der Waals surface area contributed by atoms with Crippen LogP contribution in [0, 0.1) is 11.2 Å². The van der Waals surface area contributed by atoms with E-state index in [0.717, 1.165) is 19.3 Å². The molecule has 1 amide bonds. The molecule has 0 fully saturated rings. The zero-order valence-electron chi connectivity index (χ0n) is 27.5. The fourth-order valence-electron chi connectivity index (χ4n) is 5.76. The molecule has 0 radical (unpaired) electrons. The standard InChI is InChI=1S/C37H32ClFN6O7/c38-28-16-21(6-11-29(28)39)43-35(40)34-30(44-52-45-34)19-41-13-3-1-2-4-14-42-36(48)20-5-9-24(26(15-20)37(49)50)33-25-10-7-23(47)18-32(25)51-31-12-8-22(46)17-27(31)33/h5-12,15-18,41,46H,1-4,13-14,19H2,(H2,40,43)(H,42,48)(H,49,50). The highest BCUT2D eigenvalue weighted by Crippen LogP contribution is 2.42. The van der Waals surface area contributed by atoms with Crippen molar-refractivity contribution in [1.29, 1.82) is 5.41 Å². The lowest BCUT2D eigenvalue weighted by Gasteiger charge is -2.17. The third-order valence-corrected chi connectivity index (χ3v) is 8.59.